The Morgan fingerprint density at radius 2 is 2.13 bits per heavy atom. The summed E-state index contributed by atoms with van der Waals surface area (Å²) in [5.74, 6) is 0.505. The summed E-state index contributed by atoms with van der Waals surface area (Å²) in [4.78, 5) is 13.7. The molecule has 2 N–H and O–H groups in total. The number of aromatic nitrogens is 1. The van der Waals surface area contributed by atoms with Crippen molar-refractivity contribution in [2.75, 3.05) is 20.8 Å². The molecule has 2 unspecified atom stereocenters. The first-order valence-electron chi connectivity index (χ1n) is 10.1. The van der Waals surface area contributed by atoms with Crippen molar-refractivity contribution in [1.82, 2.24) is 4.57 Å². The van der Waals surface area contributed by atoms with E-state index >= 15 is 0 Å². The monoisotopic (exact) mass is 423 g/mol. The number of methoxy groups -OCH3 is 2. The summed E-state index contributed by atoms with van der Waals surface area (Å²) in [5.41, 5.74) is 7.71. The van der Waals surface area contributed by atoms with Crippen LogP contribution in [0.5, 0.6) is 17.2 Å². The van der Waals surface area contributed by atoms with Crippen LogP contribution in [0.4, 0.5) is 0 Å². The fourth-order valence-electron chi connectivity index (χ4n) is 4.36. The number of fused-ring (bicyclic) bond motifs is 1. The van der Waals surface area contributed by atoms with Gasteiger partial charge in [0.15, 0.2) is 11.5 Å². The Bertz CT molecular complexity index is 1140. The van der Waals surface area contributed by atoms with Crippen LogP contribution in [0, 0.1) is 18.3 Å². The molecule has 0 radical (unpaired) electrons. The minimum absolute atomic E-state index is 0.0141. The van der Waals surface area contributed by atoms with E-state index in [0.29, 0.717) is 41.5 Å². The average molecular weight is 423 g/mol. The van der Waals surface area contributed by atoms with Gasteiger partial charge in [0.2, 0.25) is 5.88 Å². The molecule has 2 aliphatic heterocycles. The third-order valence-corrected chi connectivity index (χ3v) is 5.84. The molecule has 0 bridgehead atoms. The van der Waals surface area contributed by atoms with Gasteiger partial charge in [0.25, 0.3) is 5.56 Å². The molecule has 8 nitrogen and oxygen atoms in total. The van der Waals surface area contributed by atoms with E-state index in [0.717, 1.165) is 18.5 Å². The molecule has 1 aromatic carbocycles. The van der Waals surface area contributed by atoms with Crippen LogP contribution in [-0.2, 0) is 11.3 Å². The second-order valence-electron chi connectivity index (χ2n) is 7.62. The molecular weight excluding hydrogens is 398 g/mol. The Balaban J connectivity index is 1.95. The number of benzene rings is 1. The number of rotatable bonds is 5. The third-order valence-electron chi connectivity index (χ3n) is 5.84. The third kappa shape index (κ3) is 3.51. The Hall–Kier alpha value is -3.44. The van der Waals surface area contributed by atoms with Gasteiger partial charge >= 0.3 is 0 Å². The molecule has 1 aromatic heterocycles. The van der Waals surface area contributed by atoms with Crippen LogP contribution in [0.1, 0.15) is 35.6 Å². The van der Waals surface area contributed by atoms with Crippen molar-refractivity contribution in [1.29, 1.82) is 5.26 Å². The van der Waals surface area contributed by atoms with Crippen molar-refractivity contribution in [2.24, 2.45) is 5.73 Å². The quantitative estimate of drug-likeness (QED) is 0.787. The van der Waals surface area contributed by atoms with E-state index in [1.807, 2.05) is 6.92 Å². The van der Waals surface area contributed by atoms with Crippen molar-refractivity contribution >= 4 is 0 Å². The largest absolute Gasteiger partial charge is 0.493 e. The predicted molar refractivity (Wildman–Crippen MR) is 113 cm³/mol. The SMILES string of the molecule is COc1cccc(C2C(C#N)=C(N)Oc3cc(C)n(CC4CCCO4)c(=O)c32)c1OC. The molecule has 3 heterocycles. The zero-order valence-electron chi connectivity index (χ0n) is 17.8. The summed E-state index contributed by atoms with van der Waals surface area (Å²) in [6, 6.07) is 9.26. The molecule has 2 atom stereocenters. The van der Waals surface area contributed by atoms with Gasteiger partial charge in [-0.15, -0.1) is 0 Å². The molecular formula is C23H25N3O5. The van der Waals surface area contributed by atoms with Gasteiger partial charge in [-0.25, -0.2) is 0 Å². The highest BCUT2D eigenvalue weighted by molar-refractivity contribution is 5.60. The highest BCUT2D eigenvalue weighted by Gasteiger charge is 2.37. The number of nitriles is 1. The van der Waals surface area contributed by atoms with Gasteiger partial charge in [-0.3, -0.25) is 4.79 Å². The fraction of sp³-hybridized carbons (Fsp3) is 0.391. The second kappa shape index (κ2) is 8.36. The first-order chi connectivity index (χ1) is 15.0. The van der Waals surface area contributed by atoms with Crippen LogP contribution in [-0.4, -0.2) is 31.5 Å². The van der Waals surface area contributed by atoms with Crippen LogP contribution < -0.4 is 25.5 Å². The van der Waals surface area contributed by atoms with Gasteiger partial charge in [-0.2, -0.15) is 5.26 Å². The van der Waals surface area contributed by atoms with Gasteiger partial charge in [0, 0.05) is 23.9 Å². The Morgan fingerprint density at radius 3 is 2.77 bits per heavy atom. The molecule has 2 aromatic rings. The van der Waals surface area contributed by atoms with Crippen molar-refractivity contribution in [3.8, 4) is 23.3 Å². The summed E-state index contributed by atoms with van der Waals surface area (Å²) in [5, 5.41) is 9.88. The maximum Gasteiger partial charge on any atom is 0.258 e. The van der Waals surface area contributed by atoms with Gasteiger partial charge < -0.3 is 29.2 Å². The zero-order valence-corrected chi connectivity index (χ0v) is 17.8. The van der Waals surface area contributed by atoms with E-state index in [1.165, 1.54) is 14.2 Å². The van der Waals surface area contributed by atoms with E-state index in [-0.39, 0.29) is 23.1 Å². The standard InChI is InChI=1S/C23H25N3O5/c1-13-10-18-20(23(27)26(13)12-14-6-5-9-30-14)19(16(11-24)22(25)31-18)15-7-4-8-17(28-2)21(15)29-3/h4,7-8,10,14,19H,5-6,9,12,25H2,1-3H3. The van der Waals surface area contributed by atoms with E-state index in [1.54, 1.807) is 28.8 Å². The number of pyridine rings is 1. The molecule has 8 heteroatoms. The predicted octanol–water partition coefficient (Wildman–Crippen LogP) is 2.57. The lowest BCUT2D eigenvalue weighted by atomic mass is 9.83. The second-order valence-corrected chi connectivity index (χ2v) is 7.62. The van der Waals surface area contributed by atoms with Crippen molar-refractivity contribution in [3.63, 3.8) is 0 Å². The van der Waals surface area contributed by atoms with Gasteiger partial charge in [-0.05, 0) is 25.8 Å². The number of para-hydroxylation sites is 1. The maximum atomic E-state index is 13.7. The van der Waals surface area contributed by atoms with Crippen LogP contribution in [0.15, 0.2) is 40.5 Å². The summed E-state index contributed by atoms with van der Waals surface area (Å²) in [6.45, 7) is 3.00. The van der Waals surface area contributed by atoms with Gasteiger partial charge in [-0.1, -0.05) is 12.1 Å². The highest BCUT2D eigenvalue weighted by atomic mass is 16.5. The summed E-state index contributed by atoms with van der Waals surface area (Å²) in [7, 11) is 3.05. The van der Waals surface area contributed by atoms with Crippen molar-refractivity contribution in [3.05, 3.63) is 62.9 Å². The minimum Gasteiger partial charge on any atom is -0.493 e. The number of nitrogens with zero attached hydrogens (tertiary/aromatic N) is 2. The number of ether oxygens (including phenoxy) is 4. The van der Waals surface area contributed by atoms with Crippen LogP contribution in [0.25, 0.3) is 0 Å². The van der Waals surface area contributed by atoms with E-state index in [2.05, 4.69) is 6.07 Å². The Labute approximate surface area is 180 Å². The van der Waals surface area contributed by atoms with Crippen molar-refractivity contribution < 1.29 is 18.9 Å². The molecule has 0 amide bonds. The topological polar surface area (TPSA) is 109 Å². The molecule has 2 aliphatic rings. The average Bonchev–Trinajstić information content (AvgIpc) is 3.28. The minimum atomic E-state index is -0.748. The van der Waals surface area contributed by atoms with E-state index in [9.17, 15) is 10.1 Å². The Morgan fingerprint density at radius 1 is 1.32 bits per heavy atom. The number of aryl methyl sites for hydroxylation is 1. The lowest BCUT2D eigenvalue weighted by molar-refractivity contribution is 0.0954. The Kier molecular flexibility index (Phi) is 5.61. The van der Waals surface area contributed by atoms with E-state index < -0.39 is 5.92 Å². The highest BCUT2D eigenvalue weighted by Crippen LogP contribution is 2.46. The molecule has 162 valence electrons. The first kappa shape index (κ1) is 20.8. The molecule has 1 saturated heterocycles. The van der Waals surface area contributed by atoms with E-state index in [4.69, 9.17) is 24.7 Å². The number of hydrogen-bond donors (Lipinski definition) is 1. The number of nitrogens with two attached hydrogens (primary N) is 1. The molecule has 0 spiro atoms. The van der Waals surface area contributed by atoms with Crippen LogP contribution in [0.3, 0.4) is 0 Å². The lowest BCUT2D eigenvalue weighted by Crippen LogP contribution is -2.35. The smallest absolute Gasteiger partial charge is 0.258 e. The van der Waals surface area contributed by atoms with Crippen LogP contribution >= 0.6 is 0 Å². The molecule has 0 saturated carbocycles. The summed E-state index contributed by atoms with van der Waals surface area (Å²) < 4.78 is 24.2. The molecule has 4 rings (SSSR count). The summed E-state index contributed by atoms with van der Waals surface area (Å²) >= 11 is 0. The summed E-state index contributed by atoms with van der Waals surface area (Å²) in [6.07, 6.45) is 1.87. The molecule has 1 fully saturated rings. The van der Waals surface area contributed by atoms with Gasteiger partial charge in [0.05, 0.1) is 38.3 Å². The van der Waals surface area contributed by atoms with Gasteiger partial charge in [0.1, 0.15) is 17.4 Å². The van der Waals surface area contributed by atoms with Crippen molar-refractivity contribution in [2.45, 2.75) is 38.3 Å². The normalized spacial score (nSPS) is 20.1. The fourth-order valence-corrected chi connectivity index (χ4v) is 4.36. The first-order valence-corrected chi connectivity index (χ1v) is 10.1. The van der Waals surface area contributed by atoms with Crippen LogP contribution in [0.2, 0.25) is 0 Å². The molecule has 0 aliphatic carbocycles. The zero-order chi connectivity index (χ0) is 22.1. The number of allylic oxidation sites excluding steroid dienone is 1. The maximum absolute atomic E-state index is 13.7. The number of hydrogen-bond acceptors (Lipinski definition) is 7. The molecule has 31 heavy (non-hydrogen) atoms. The lowest BCUT2D eigenvalue weighted by Gasteiger charge is -2.29.